The van der Waals surface area contributed by atoms with Gasteiger partial charge in [0.1, 0.15) is 5.82 Å². The highest BCUT2D eigenvalue weighted by atomic mass is 32.1. The lowest BCUT2D eigenvalue weighted by molar-refractivity contribution is 0.326. The van der Waals surface area contributed by atoms with E-state index < -0.39 is 0 Å². The highest BCUT2D eigenvalue weighted by Crippen LogP contribution is 2.30. The van der Waals surface area contributed by atoms with Gasteiger partial charge >= 0.3 is 0 Å². The van der Waals surface area contributed by atoms with E-state index in [9.17, 15) is 0 Å². The number of aryl methyl sites for hydroxylation is 2. The van der Waals surface area contributed by atoms with Crippen LogP contribution in [-0.4, -0.2) is 38.2 Å². The molecule has 1 saturated heterocycles. The lowest BCUT2D eigenvalue weighted by Crippen LogP contribution is -2.20. The van der Waals surface area contributed by atoms with Crippen molar-refractivity contribution in [2.75, 3.05) is 13.1 Å². The molecule has 1 aliphatic rings. The van der Waals surface area contributed by atoms with Crippen molar-refractivity contribution in [2.24, 2.45) is 0 Å². The minimum atomic E-state index is 0.431. The smallest absolute Gasteiger partial charge is 0.133 e. The average Bonchev–Trinajstić information content (AvgIpc) is 3.28. The number of hydrogen-bond donors (Lipinski definition) is 1. The lowest BCUT2D eigenvalue weighted by atomic mass is 10.1. The van der Waals surface area contributed by atoms with Gasteiger partial charge in [-0.05, 0) is 44.3 Å². The van der Waals surface area contributed by atoms with Gasteiger partial charge in [0.2, 0.25) is 0 Å². The van der Waals surface area contributed by atoms with Gasteiger partial charge in [0.05, 0.1) is 16.8 Å². The van der Waals surface area contributed by atoms with E-state index in [1.165, 1.54) is 10.4 Å². The molecule has 24 heavy (non-hydrogen) atoms. The maximum absolute atomic E-state index is 4.65. The third-order valence-electron chi connectivity index (χ3n) is 4.52. The summed E-state index contributed by atoms with van der Waals surface area (Å²) in [6.45, 7) is 7.10. The molecule has 0 aromatic carbocycles. The van der Waals surface area contributed by atoms with Crippen LogP contribution in [0.25, 0.3) is 10.6 Å². The van der Waals surface area contributed by atoms with Crippen molar-refractivity contribution in [3.05, 3.63) is 52.6 Å². The molecule has 0 unspecified atom stereocenters. The minimum Gasteiger partial charge on any atom is -0.298 e. The van der Waals surface area contributed by atoms with Gasteiger partial charge in [-0.3, -0.25) is 10.00 Å². The van der Waals surface area contributed by atoms with Gasteiger partial charge in [-0.15, -0.1) is 11.3 Å². The summed E-state index contributed by atoms with van der Waals surface area (Å²) in [5.41, 5.74) is 4.53. The van der Waals surface area contributed by atoms with Crippen LogP contribution in [0.5, 0.6) is 0 Å². The fourth-order valence-corrected chi connectivity index (χ4v) is 4.18. The van der Waals surface area contributed by atoms with Crippen LogP contribution in [0.3, 0.4) is 0 Å². The van der Waals surface area contributed by atoms with Gasteiger partial charge in [-0.1, -0.05) is 6.07 Å². The first-order chi connectivity index (χ1) is 11.7. The van der Waals surface area contributed by atoms with Crippen LogP contribution in [-0.2, 0) is 6.54 Å². The van der Waals surface area contributed by atoms with E-state index in [1.807, 2.05) is 26.1 Å². The highest BCUT2D eigenvalue weighted by Gasteiger charge is 2.27. The van der Waals surface area contributed by atoms with E-state index in [4.69, 9.17) is 0 Å². The lowest BCUT2D eigenvalue weighted by Gasteiger charge is -2.15. The number of nitrogens with zero attached hydrogens (tertiary/aromatic N) is 4. The molecule has 0 bridgehead atoms. The molecule has 3 aromatic rings. The summed E-state index contributed by atoms with van der Waals surface area (Å²) >= 11 is 1.74. The summed E-state index contributed by atoms with van der Waals surface area (Å²) in [5, 5.41) is 9.50. The number of likely N-dealkylation sites (tertiary alicyclic amines) is 1. The van der Waals surface area contributed by atoms with Gasteiger partial charge in [-0.25, -0.2) is 9.97 Å². The van der Waals surface area contributed by atoms with Crippen LogP contribution in [0.15, 0.2) is 29.8 Å². The Morgan fingerprint density at radius 2 is 2.12 bits per heavy atom. The van der Waals surface area contributed by atoms with Gasteiger partial charge in [0, 0.05) is 36.0 Å². The SMILES string of the molecule is Cc1cc(C)nc([C@H]2CCN(Cc3cn[nH]c3-c3cccs3)C2)n1. The van der Waals surface area contributed by atoms with Crippen molar-refractivity contribution >= 4 is 11.3 Å². The summed E-state index contributed by atoms with van der Waals surface area (Å²) < 4.78 is 0. The number of aromatic nitrogens is 4. The molecule has 4 heterocycles. The van der Waals surface area contributed by atoms with E-state index in [1.54, 1.807) is 11.3 Å². The number of hydrogen-bond acceptors (Lipinski definition) is 5. The molecule has 0 spiro atoms. The molecule has 4 rings (SSSR count). The fraction of sp³-hybridized carbons (Fsp3) is 0.389. The number of H-pyrrole nitrogens is 1. The molecule has 0 aliphatic carbocycles. The quantitative estimate of drug-likeness (QED) is 0.790. The average molecular weight is 339 g/mol. The Kier molecular flexibility index (Phi) is 4.16. The van der Waals surface area contributed by atoms with E-state index in [0.717, 1.165) is 49.0 Å². The normalized spacial score (nSPS) is 18.3. The largest absolute Gasteiger partial charge is 0.298 e. The molecular formula is C18H21N5S. The molecular weight excluding hydrogens is 318 g/mol. The van der Waals surface area contributed by atoms with Gasteiger partial charge < -0.3 is 0 Å². The first kappa shape index (κ1) is 15.5. The zero-order chi connectivity index (χ0) is 16.5. The molecule has 3 aromatic heterocycles. The summed E-state index contributed by atoms with van der Waals surface area (Å²) in [4.78, 5) is 13.0. The van der Waals surface area contributed by atoms with E-state index >= 15 is 0 Å². The molecule has 1 fully saturated rings. The number of rotatable bonds is 4. The molecule has 124 valence electrons. The molecule has 0 amide bonds. The second-order valence-electron chi connectivity index (χ2n) is 6.48. The fourth-order valence-electron chi connectivity index (χ4n) is 3.43. The predicted octanol–water partition coefficient (Wildman–Crippen LogP) is 3.53. The Morgan fingerprint density at radius 3 is 2.88 bits per heavy atom. The summed E-state index contributed by atoms with van der Waals surface area (Å²) in [6.07, 6.45) is 3.07. The Hall–Kier alpha value is -2.05. The van der Waals surface area contributed by atoms with Crippen LogP contribution >= 0.6 is 11.3 Å². The van der Waals surface area contributed by atoms with E-state index in [0.29, 0.717) is 5.92 Å². The monoisotopic (exact) mass is 339 g/mol. The second-order valence-corrected chi connectivity index (χ2v) is 7.42. The standard InChI is InChI=1S/C18H21N5S/c1-12-8-13(2)21-18(20-12)14-5-6-23(10-14)11-15-9-19-22-17(15)16-4-3-7-24-16/h3-4,7-9,14H,5-6,10-11H2,1-2H3,(H,19,22)/t14-/m0/s1. The highest BCUT2D eigenvalue weighted by molar-refractivity contribution is 7.13. The van der Waals surface area contributed by atoms with E-state index in [-0.39, 0.29) is 0 Å². The molecule has 1 atom stereocenters. The van der Waals surface area contributed by atoms with Crippen molar-refractivity contribution in [1.29, 1.82) is 0 Å². The Balaban J connectivity index is 1.47. The van der Waals surface area contributed by atoms with Crippen molar-refractivity contribution in [1.82, 2.24) is 25.1 Å². The molecule has 6 heteroatoms. The third-order valence-corrected chi connectivity index (χ3v) is 5.40. The Morgan fingerprint density at radius 1 is 1.29 bits per heavy atom. The zero-order valence-corrected chi connectivity index (χ0v) is 14.8. The van der Waals surface area contributed by atoms with Crippen LogP contribution in [0, 0.1) is 13.8 Å². The molecule has 1 N–H and O–H groups in total. The van der Waals surface area contributed by atoms with Crippen molar-refractivity contribution < 1.29 is 0 Å². The van der Waals surface area contributed by atoms with Crippen molar-refractivity contribution in [3.8, 4) is 10.6 Å². The molecule has 0 saturated carbocycles. The molecule has 5 nitrogen and oxygen atoms in total. The maximum atomic E-state index is 4.65. The molecule has 1 aliphatic heterocycles. The molecule has 0 radical (unpaired) electrons. The first-order valence-corrected chi connectivity index (χ1v) is 9.17. The Bertz CT molecular complexity index is 804. The second kappa shape index (κ2) is 6.45. The van der Waals surface area contributed by atoms with Crippen LogP contribution in [0.1, 0.15) is 35.1 Å². The van der Waals surface area contributed by atoms with Gasteiger partial charge in [0.15, 0.2) is 0 Å². The number of aromatic amines is 1. The van der Waals surface area contributed by atoms with Gasteiger partial charge in [-0.2, -0.15) is 5.10 Å². The topological polar surface area (TPSA) is 57.7 Å². The zero-order valence-electron chi connectivity index (χ0n) is 14.0. The third kappa shape index (κ3) is 3.12. The van der Waals surface area contributed by atoms with Gasteiger partial charge in [0.25, 0.3) is 0 Å². The van der Waals surface area contributed by atoms with Crippen LogP contribution < -0.4 is 0 Å². The van der Waals surface area contributed by atoms with E-state index in [2.05, 4.69) is 42.6 Å². The summed E-state index contributed by atoms with van der Waals surface area (Å²) in [6, 6.07) is 6.25. The van der Waals surface area contributed by atoms with Crippen LogP contribution in [0.2, 0.25) is 0 Å². The minimum absolute atomic E-state index is 0.431. The maximum Gasteiger partial charge on any atom is 0.133 e. The first-order valence-electron chi connectivity index (χ1n) is 8.29. The number of nitrogens with one attached hydrogen (secondary N) is 1. The predicted molar refractivity (Wildman–Crippen MR) is 96.0 cm³/mol. The van der Waals surface area contributed by atoms with Crippen LogP contribution in [0.4, 0.5) is 0 Å². The van der Waals surface area contributed by atoms with Crippen molar-refractivity contribution in [2.45, 2.75) is 32.7 Å². The summed E-state index contributed by atoms with van der Waals surface area (Å²) in [7, 11) is 0. The van der Waals surface area contributed by atoms with Crippen molar-refractivity contribution in [3.63, 3.8) is 0 Å². The number of thiophene rings is 1. The summed E-state index contributed by atoms with van der Waals surface area (Å²) in [5.74, 6) is 1.43. The Labute approximate surface area is 145 Å².